The molecule has 1 aliphatic heterocycles. The number of ether oxygens (including phenoxy) is 5. The van der Waals surface area contributed by atoms with Crippen LogP contribution in [-0.4, -0.2) is 117 Å². The van der Waals surface area contributed by atoms with Crippen LogP contribution >= 0.6 is 0 Å². The van der Waals surface area contributed by atoms with E-state index in [4.69, 9.17) is 39.4 Å². The van der Waals surface area contributed by atoms with Gasteiger partial charge in [-0.1, -0.05) is 39.0 Å². The van der Waals surface area contributed by atoms with Gasteiger partial charge in [0.05, 0.1) is 51.9 Å². The Balaban J connectivity index is 0.000000165. The third-order valence-electron chi connectivity index (χ3n) is 14.5. The van der Waals surface area contributed by atoms with E-state index >= 15 is 0 Å². The number of hydrogen-bond acceptors (Lipinski definition) is 16. The van der Waals surface area contributed by atoms with Crippen LogP contribution in [0.15, 0.2) is 146 Å². The summed E-state index contributed by atoms with van der Waals surface area (Å²) >= 11 is 0. The van der Waals surface area contributed by atoms with Crippen LogP contribution in [0.2, 0.25) is 0 Å². The van der Waals surface area contributed by atoms with Crippen molar-refractivity contribution in [3.05, 3.63) is 146 Å². The maximum Gasteiger partial charge on any atom is 0.158 e. The molecule has 16 heteroatoms. The Morgan fingerprint density at radius 1 is 0.494 bits per heavy atom. The molecule has 0 saturated carbocycles. The Morgan fingerprint density at radius 2 is 0.916 bits per heavy atom. The normalized spacial score (nSPS) is 14.2. The first-order chi connectivity index (χ1) is 40.5. The number of aromatic nitrogens is 6. The number of aliphatic hydroxyl groups is 2. The molecule has 83 heavy (non-hydrogen) atoms. The smallest absolute Gasteiger partial charge is 0.158 e. The van der Waals surface area contributed by atoms with Gasteiger partial charge in [-0.3, -0.25) is 0 Å². The average molecular weight is 1120 g/mol. The Bertz CT molecular complexity index is 3410. The summed E-state index contributed by atoms with van der Waals surface area (Å²) in [6.45, 7) is 20.2. The van der Waals surface area contributed by atoms with Crippen molar-refractivity contribution in [2.45, 2.75) is 112 Å². The first kappa shape index (κ1) is 61.1. The van der Waals surface area contributed by atoms with Gasteiger partial charge in [0.2, 0.25) is 0 Å². The molecule has 4 unspecified atom stereocenters. The number of benzene rings is 3. The Labute approximate surface area is 488 Å². The summed E-state index contributed by atoms with van der Waals surface area (Å²) in [5.41, 5.74) is 13.9. The monoisotopic (exact) mass is 1120 g/mol. The lowest BCUT2D eigenvalue weighted by molar-refractivity contribution is -0.193. The van der Waals surface area contributed by atoms with E-state index in [9.17, 15) is 10.2 Å². The lowest BCUT2D eigenvalue weighted by Crippen LogP contribution is -2.31. The molecule has 1 aliphatic rings. The van der Waals surface area contributed by atoms with E-state index in [1.165, 1.54) is 0 Å². The van der Waals surface area contributed by atoms with E-state index in [2.05, 4.69) is 88.6 Å². The molecule has 6 aromatic heterocycles. The van der Waals surface area contributed by atoms with Crippen molar-refractivity contribution in [2.75, 3.05) is 68.1 Å². The molecule has 9 aromatic rings. The summed E-state index contributed by atoms with van der Waals surface area (Å²) in [5, 5.41) is 22.2. The zero-order valence-corrected chi connectivity index (χ0v) is 49.2. The van der Waals surface area contributed by atoms with Gasteiger partial charge in [-0.25, -0.2) is 29.9 Å². The molecule has 436 valence electrons. The maximum atomic E-state index is 9.63. The fourth-order valence-corrected chi connectivity index (χ4v) is 9.26. The fraction of sp³-hybridized carbons (Fsp3) is 0.373. The molecule has 0 radical (unpaired) electrons. The zero-order chi connectivity index (χ0) is 58.5. The average Bonchev–Trinajstić information content (AvgIpc) is 3.67. The quantitative estimate of drug-likeness (QED) is 0.0546. The van der Waals surface area contributed by atoms with Gasteiger partial charge < -0.3 is 49.4 Å². The van der Waals surface area contributed by atoms with E-state index in [1.54, 1.807) is 12.3 Å². The molecule has 0 amide bonds. The number of pyridine rings is 6. The van der Waals surface area contributed by atoms with Crippen molar-refractivity contribution in [2.24, 2.45) is 0 Å². The van der Waals surface area contributed by atoms with Gasteiger partial charge in [-0.15, -0.1) is 0 Å². The number of nitrogens with two attached hydrogens (primary N) is 1. The molecule has 4 atom stereocenters. The van der Waals surface area contributed by atoms with Crippen LogP contribution in [0.1, 0.15) is 87.0 Å². The maximum absolute atomic E-state index is 9.63. The summed E-state index contributed by atoms with van der Waals surface area (Å²) in [6, 6.07) is 41.6. The van der Waals surface area contributed by atoms with E-state index in [0.717, 1.165) is 154 Å². The molecule has 0 aliphatic carbocycles. The van der Waals surface area contributed by atoms with Crippen molar-refractivity contribution in [3.8, 4) is 51.0 Å². The highest BCUT2D eigenvalue weighted by Crippen LogP contribution is 2.29. The van der Waals surface area contributed by atoms with Gasteiger partial charge in [0.25, 0.3) is 0 Å². The summed E-state index contributed by atoms with van der Waals surface area (Å²) < 4.78 is 29.1. The molecular weight excluding hydrogens is 1040 g/mol. The first-order valence-corrected chi connectivity index (χ1v) is 29.4. The number of nitrogens with zero attached hydrogens (tertiary/aromatic N) is 8. The molecule has 3 aromatic carbocycles. The Kier molecular flexibility index (Phi) is 22.7. The van der Waals surface area contributed by atoms with E-state index in [0.29, 0.717) is 38.5 Å². The predicted molar refractivity (Wildman–Crippen MR) is 334 cm³/mol. The molecule has 0 bridgehead atoms. The van der Waals surface area contributed by atoms with Gasteiger partial charge in [-0.2, -0.15) is 0 Å². The summed E-state index contributed by atoms with van der Waals surface area (Å²) in [5.74, 6) is 4.78. The van der Waals surface area contributed by atoms with Crippen molar-refractivity contribution in [1.82, 2.24) is 29.9 Å². The van der Waals surface area contributed by atoms with Crippen LogP contribution in [0, 0.1) is 0 Å². The Morgan fingerprint density at radius 3 is 1.27 bits per heavy atom. The molecule has 16 nitrogen and oxygen atoms in total. The minimum atomic E-state index is -0.441. The van der Waals surface area contributed by atoms with Crippen LogP contribution in [0.4, 0.5) is 17.5 Å². The van der Waals surface area contributed by atoms with Gasteiger partial charge in [-0.05, 0) is 175 Å². The van der Waals surface area contributed by atoms with E-state index in [1.807, 2.05) is 123 Å². The number of nitrogen functional groups attached to an aromatic ring is 1. The first-order valence-electron chi connectivity index (χ1n) is 29.4. The molecule has 1 fully saturated rings. The van der Waals surface area contributed by atoms with Crippen LogP contribution in [0.5, 0.6) is 17.2 Å². The summed E-state index contributed by atoms with van der Waals surface area (Å²) in [4.78, 5) is 32.0. The fourth-order valence-electron chi connectivity index (χ4n) is 9.26. The topological polar surface area (TPSA) is 196 Å². The van der Waals surface area contributed by atoms with Crippen molar-refractivity contribution >= 4 is 50.2 Å². The Hall–Kier alpha value is -8.02. The SMILES string of the molecule is CCC(COc1ccc2nc(-c3ccc(N(CC)CC)nc3)ccc2c1)OC1CCCCO1.CCC(O)COc1ccc2nc(-c3ccc(N(CC)CC)nc3)ccc2c1.CCC(O)COc1ccc2nc(-c3ccc(N)nc3)ccc2c1. The second-order valence-electron chi connectivity index (χ2n) is 20.3. The minimum absolute atomic E-state index is 0.0242. The van der Waals surface area contributed by atoms with Crippen LogP contribution in [0.3, 0.4) is 0 Å². The largest absolute Gasteiger partial charge is 0.491 e. The number of aliphatic hydroxyl groups excluding tert-OH is 2. The molecule has 10 rings (SSSR count). The third-order valence-corrected chi connectivity index (χ3v) is 14.5. The highest BCUT2D eigenvalue weighted by Gasteiger charge is 2.20. The van der Waals surface area contributed by atoms with E-state index < -0.39 is 12.2 Å². The second-order valence-corrected chi connectivity index (χ2v) is 20.3. The minimum Gasteiger partial charge on any atom is -0.491 e. The number of fused-ring (bicyclic) bond motifs is 3. The molecular formula is C67H81N9O7. The van der Waals surface area contributed by atoms with Gasteiger partial charge in [0.15, 0.2) is 6.29 Å². The molecule has 0 spiro atoms. The van der Waals surface area contributed by atoms with Crippen molar-refractivity contribution < 1.29 is 33.9 Å². The molecule has 1 saturated heterocycles. The number of rotatable bonds is 23. The lowest BCUT2D eigenvalue weighted by atomic mass is 10.1. The van der Waals surface area contributed by atoms with Crippen LogP contribution in [-0.2, 0) is 9.47 Å². The predicted octanol–water partition coefficient (Wildman–Crippen LogP) is 13.2. The van der Waals surface area contributed by atoms with Gasteiger partial charge >= 0.3 is 0 Å². The number of anilines is 3. The van der Waals surface area contributed by atoms with Crippen molar-refractivity contribution in [3.63, 3.8) is 0 Å². The highest BCUT2D eigenvalue weighted by atomic mass is 16.7. The third kappa shape index (κ3) is 17.3. The molecule has 7 heterocycles. The number of hydrogen-bond donors (Lipinski definition) is 3. The van der Waals surface area contributed by atoms with E-state index in [-0.39, 0.29) is 12.4 Å². The standard InChI is InChI=1S/C27H35N3O3.C22H27N3O2.C18H19N3O2/c1-4-22(33-27-9-7-8-16-31-27)19-32-23-12-14-24-20(17-23)10-13-25(29-24)21-11-15-26(28-18-21)30(5-2)6-3;1-4-18(26)15-27-19-9-11-20-16(13-19)7-10-21(24-20)17-8-12-22(23-14-17)25(5-2)6-3;1-2-14(22)11-23-15-5-7-16-12(9-15)3-6-17(21-16)13-4-8-18(19)20-10-13/h10-15,17-18,22,27H,4-9,16,19H2,1-3H3;7-14,18,26H,4-6,15H2,1-3H3;3-10,14,22H,2,11H2,1H3,(H2,19,20). The molecule has 4 N–H and O–H groups in total. The zero-order valence-electron chi connectivity index (χ0n) is 49.2. The lowest BCUT2D eigenvalue weighted by Gasteiger charge is -2.27. The van der Waals surface area contributed by atoms with Crippen LogP contribution < -0.4 is 29.7 Å². The summed E-state index contributed by atoms with van der Waals surface area (Å²) in [7, 11) is 0. The van der Waals surface area contributed by atoms with Gasteiger partial charge in [0, 0.05) is 84.2 Å². The highest BCUT2D eigenvalue weighted by molar-refractivity contribution is 5.85. The summed E-state index contributed by atoms with van der Waals surface area (Å²) in [6.07, 6.45) is 10.0. The van der Waals surface area contributed by atoms with Crippen molar-refractivity contribution in [1.29, 1.82) is 0 Å². The van der Waals surface area contributed by atoms with Gasteiger partial charge in [0.1, 0.15) is 54.5 Å². The van der Waals surface area contributed by atoms with Crippen LogP contribution in [0.25, 0.3) is 66.5 Å². The second kappa shape index (κ2) is 30.9.